The van der Waals surface area contributed by atoms with Gasteiger partial charge in [0.1, 0.15) is 11.8 Å². The van der Waals surface area contributed by atoms with Crippen LogP contribution in [-0.4, -0.2) is 21.8 Å². The van der Waals surface area contributed by atoms with Gasteiger partial charge in [-0.3, -0.25) is 4.98 Å². The molecule has 5 nitrogen and oxygen atoms in total. The Bertz CT molecular complexity index is 1220. The second-order valence-corrected chi connectivity index (χ2v) is 8.15. The van der Waals surface area contributed by atoms with Crippen molar-refractivity contribution in [1.82, 2.24) is 14.9 Å². The number of anilines is 1. The van der Waals surface area contributed by atoms with Crippen molar-refractivity contribution in [2.45, 2.75) is 19.0 Å². The van der Waals surface area contributed by atoms with Crippen LogP contribution in [0.1, 0.15) is 29.2 Å². The number of thiocarbonyl (C=S) groups is 1. The van der Waals surface area contributed by atoms with Crippen molar-refractivity contribution in [3.8, 4) is 11.4 Å². The molecule has 5 rings (SSSR count). The average Bonchev–Trinajstić information content (AvgIpc) is 3.39. The van der Waals surface area contributed by atoms with Gasteiger partial charge in [-0.05, 0) is 79.8 Å². The molecular weight excluding hydrogens is 416 g/mol. The highest BCUT2D eigenvalue weighted by Gasteiger charge is 2.42. The third-order valence-corrected chi connectivity index (χ3v) is 6.19. The molecule has 2 aromatic heterocycles. The molecule has 3 heterocycles. The van der Waals surface area contributed by atoms with E-state index in [0.717, 1.165) is 34.2 Å². The van der Waals surface area contributed by atoms with Gasteiger partial charge in [0.15, 0.2) is 5.11 Å². The molecule has 1 N–H and O–H groups in total. The van der Waals surface area contributed by atoms with Gasteiger partial charge < -0.3 is 19.5 Å². The normalized spacial score (nSPS) is 17.9. The maximum atomic E-state index is 5.84. The summed E-state index contributed by atoms with van der Waals surface area (Å²) in [4.78, 5) is 6.85. The van der Waals surface area contributed by atoms with Gasteiger partial charge in [-0.2, -0.15) is 0 Å². The highest BCUT2D eigenvalue weighted by molar-refractivity contribution is 7.80. The van der Waals surface area contributed by atoms with Gasteiger partial charge in [-0.25, -0.2) is 0 Å². The van der Waals surface area contributed by atoms with E-state index >= 15 is 0 Å². The van der Waals surface area contributed by atoms with E-state index in [1.54, 1.807) is 7.11 Å². The maximum absolute atomic E-state index is 5.84. The van der Waals surface area contributed by atoms with Crippen LogP contribution in [0.5, 0.6) is 5.75 Å². The molecule has 0 aliphatic carbocycles. The van der Waals surface area contributed by atoms with E-state index in [4.69, 9.17) is 17.0 Å². The van der Waals surface area contributed by atoms with Crippen molar-refractivity contribution in [3.05, 3.63) is 108 Å². The van der Waals surface area contributed by atoms with Crippen LogP contribution < -0.4 is 15.0 Å². The van der Waals surface area contributed by atoms with Gasteiger partial charge in [0.25, 0.3) is 0 Å². The Morgan fingerprint density at radius 3 is 2.31 bits per heavy atom. The molecule has 2 atom stereocenters. The molecule has 32 heavy (non-hydrogen) atoms. The lowest BCUT2D eigenvalue weighted by Crippen LogP contribution is -2.30. The van der Waals surface area contributed by atoms with Crippen LogP contribution in [0.3, 0.4) is 0 Å². The van der Waals surface area contributed by atoms with E-state index in [1.165, 1.54) is 0 Å². The first-order chi connectivity index (χ1) is 15.7. The Morgan fingerprint density at radius 2 is 1.62 bits per heavy atom. The minimum absolute atomic E-state index is 0.0735. The zero-order valence-electron chi connectivity index (χ0n) is 18.0. The number of pyridine rings is 1. The summed E-state index contributed by atoms with van der Waals surface area (Å²) in [6, 6.07) is 28.6. The molecule has 1 aliphatic rings. The molecule has 1 aliphatic heterocycles. The van der Waals surface area contributed by atoms with E-state index in [0.29, 0.717) is 5.11 Å². The van der Waals surface area contributed by atoms with Gasteiger partial charge in [0.2, 0.25) is 0 Å². The second-order valence-electron chi connectivity index (χ2n) is 7.77. The zero-order chi connectivity index (χ0) is 22.1. The first-order valence-corrected chi connectivity index (χ1v) is 11.0. The van der Waals surface area contributed by atoms with Gasteiger partial charge in [-0.1, -0.05) is 24.3 Å². The molecule has 0 radical (unpaired) electrons. The van der Waals surface area contributed by atoms with Crippen LogP contribution in [0.4, 0.5) is 5.69 Å². The minimum Gasteiger partial charge on any atom is -0.497 e. The molecule has 0 spiro atoms. The number of para-hydroxylation sites is 1. The number of benzene rings is 2. The van der Waals surface area contributed by atoms with Crippen LogP contribution in [0, 0.1) is 6.92 Å². The fourth-order valence-electron chi connectivity index (χ4n) is 4.40. The molecule has 1 saturated heterocycles. The summed E-state index contributed by atoms with van der Waals surface area (Å²) >= 11 is 5.84. The van der Waals surface area contributed by atoms with Crippen molar-refractivity contribution < 1.29 is 4.74 Å². The van der Waals surface area contributed by atoms with Gasteiger partial charge >= 0.3 is 0 Å². The van der Waals surface area contributed by atoms with E-state index in [9.17, 15) is 0 Å². The third kappa shape index (κ3) is 3.52. The van der Waals surface area contributed by atoms with Crippen LogP contribution >= 0.6 is 12.2 Å². The van der Waals surface area contributed by atoms with Crippen molar-refractivity contribution in [2.75, 3.05) is 12.0 Å². The lowest BCUT2D eigenvalue weighted by Gasteiger charge is -2.29. The summed E-state index contributed by atoms with van der Waals surface area (Å²) in [6.45, 7) is 2.12. The number of rotatable bonds is 5. The first-order valence-electron chi connectivity index (χ1n) is 10.6. The molecule has 0 amide bonds. The minimum atomic E-state index is -0.0878. The van der Waals surface area contributed by atoms with Crippen molar-refractivity contribution in [3.63, 3.8) is 0 Å². The highest BCUT2D eigenvalue weighted by Crippen LogP contribution is 2.42. The molecule has 4 aromatic rings. The first kappa shape index (κ1) is 20.3. The zero-order valence-corrected chi connectivity index (χ0v) is 18.8. The fraction of sp³-hybridized carbons (Fsp3) is 0.154. The number of nitrogens with one attached hydrogen (secondary N) is 1. The number of methoxy groups -OCH3 is 1. The van der Waals surface area contributed by atoms with Crippen molar-refractivity contribution in [1.29, 1.82) is 0 Å². The van der Waals surface area contributed by atoms with Crippen LogP contribution in [0.2, 0.25) is 0 Å². The standard InChI is InChI=1S/C26H24N4OS/c1-18-11-16-23(29(18)20-12-14-21(31-2)15-13-20)25-24(22-10-6-7-17-27-22)28-26(32)30(25)19-8-4-3-5-9-19/h3-17,24-25H,1-2H3,(H,28,32). The summed E-state index contributed by atoms with van der Waals surface area (Å²) in [7, 11) is 1.68. The topological polar surface area (TPSA) is 42.3 Å². The van der Waals surface area contributed by atoms with E-state index in [1.807, 2.05) is 48.7 Å². The monoisotopic (exact) mass is 440 g/mol. The summed E-state index contributed by atoms with van der Waals surface area (Å²) in [5, 5.41) is 4.23. The summed E-state index contributed by atoms with van der Waals surface area (Å²) in [5.41, 5.74) is 5.37. The molecule has 2 aromatic carbocycles. The SMILES string of the molecule is COc1ccc(-n2c(C)ccc2C2C(c3ccccn3)NC(=S)N2c2ccccc2)cc1. The third-order valence-electron chi connectivity index (χ3n) is 5.87. The summed E-state index contributed by atoms with van der Waals surface area (Å²) < 4.78 is 7.64. The Labute approximate surface area is 193 Å². The number of aromatic nitrogens is 2. The number of hydrogen-bond donors (Lipinski definition) is 1. The largest absolute Gasteiger partial charge is 0.497 e. The molecule has 1 fully saturated rings. The number of aryl methyl sites for hydroxylation is 1. The van der Waals surface area contributed by atoms with E-state index in [2.05, 4.69) is 69.2 Å². The molecule has 2 unspecified atom stereocenters. The fourth-order valence-corrected chi connectivity index (χ4v) is 4.74. The Balaban J connectivity index is 1.68. The predicted octanol–water partition coefficient (Wildman–Crippen LogP) is 5.37. The Morgan fingerprint density at radius 1 is 0.875 bits per heavy atom. The average molecular weight is 441 g/mol. The molecular formula is C26H24N4OS. The lowest BCUT2D eigenvalue weighted by molar-refractivity contribution is 0.414. The predicted molar refractivity (Wildman–Crippen MR) is 131 cm³/mol. The quantitative estimate of drug-likeness (QED) is 0.423. The Hall–Kier alpha value is -3.64. The lowest BCUT2D eigenvalue weighted by atomic mass is 10.0. The van der Waals surface area contributed by atoms with Gasteiger partial charge in [0, 0.05) is 29.0 Å². The van der Waals surface area contributed by atoms with E-state index < -0.39 is 0 Å². The second kappa shape index (κ2) is 8.48. The summed E-state index contributed by atoms with van der Waals surface area (Å²) in [6.07, 6.45) is 1.83. The van der Waals surface area contributed by atoms with Gasteiger partial charge in [0.05, 0.1) is 18.8 Å². The highest BCUT2D eigenvalue weighted by atomic mass is 32.1. The molecule has 0 bridgehead atoms. The summed E-state index contributed by atoms with van der Waals surface area (Å²) in [5.74, 6) is 0.834. The van der Waals surface area contributed by atoms with Crippen LogP contribution in [0.25, 0.3) is 5.69 Å². The van der Waals surface area contributed by atoms with E-state index in [-0.39, 0.29) is 12.1 Å². The number of ether oxygens (including phenoxy) is 1. The maximum Gasteiger partial charge on any atom is 0.174 e. The molecule has 0 saturated carbocycles. The number of hydrogen-bond acceptors (Lipinski definition) is 3. The smallest absolute Gasteiger partial charge is 0.174 e. The molecule has 160 valence electrons. The Kier molecular flexibility index (Phi) is 5.37. The van der Waals surface area contributed by atoms with Gasteiger partial charge in [-0.15, -0.1) is 0 Å². The van der Waals surface area contributed by atoms with Crippen molar-refractivity contribution >= 4 is 23.0 Å². The number of nitrogens with zero attached hydrogens (tertiary/aromatic N) is 3. The van der Waals surface area contributed by atoms with Crippen molar-refractivity contribution in [2.24, 2.45) is 0 Å². The van der Waals surface area contributed by atoms with Crippen LogP contribution in [-0.2, 0) is 0 Å². The molecule has 6 heteroatoms. The van der Waals surface area contributed by atoms with Crippen LogP contribution in [0.15, 0.2) is 91.1 Å².